The van der Waals surface area contributed by atoms with Crippen LogP contribution in [0.15, 0.2) is 30.2 Å². The Kier molecular flexibility index (Phi) is 19.3. The Morgan fingerprint density at radius 3 is 2.23 bits per heavy atom. The number of aromatic nitrogens is 2. The van der Waals surface area contributed by atoms with Crippen molar-refractivity contribution in [3.63, 3.8) is 0 Å². The normalized spacial score (nSPS) is 16.4. The molecule has 0 spiro atoms. The summed E-state index contributed by atoms with van der Waals surface area (Å²) >= 11 is 0. The van der Waals surface area contributed by atoms with Crippen LogP contribution in [0, 0.1) is 13.8 Å². The minimum atomic E-state index is -1.21. The van der Waals surface area contributed by atoms with Gasteiger partial charge in [-0.25, -0.2) is 0 Å². The second-order valence-electron chi connectivity index (χ2n) is 9.82. The lowest BCUT2D eigenvalue weighted by molar-refractivity contribution is -0.129. The number of hydrogen-bond acceptors (Lipinski definition) is 7. The minimum absolute atomic E-state index is 0.0694. The molecule has 3 heterocycles. The highest BCUT2D eigenvalue weighted by Crippen LogP contribution is 2.25. The number of piperazine rings is 1. The zero-order valence-corrected chi connectivity index (χ0v) is 26.6. The molecule has 2 unspecified atom stereocenters. The largest absolute Gasteiger partial charge is 0.492 e. The smallest absolute Gasteiger partial charge is 0.301 e. The van der Waals surface area contributed by atoms with Crippen LogP contribution in [-0.2, 0) is 11.2 Å². The second kappa shape index (κ2) is 20.8. The lowest BCUT2D eigenvalue weighted by Gasteiger charge is -2.38. The first-order valence-electron chi connectivity index (χ1n) is 14.7. The quantitative estimate of drug-likeness (QED) is 0.338. The van der Waals surface area contributed by atoms with Crippen LogP contribution < -0.4 is 20.7 Å². The van der Waals surface area contributed by atoms with Gasteiger partial charge >= 0.3 is 6.04 Å². The Balaban J connectivity index is 0.000000614. The maximum absolute atomic E-state index is 11.1. The van der Waals surface area contributed by atoms with Crippen LogP contribution in [0.2, 0.25) is 0 Å². The molecule has 0 radical (unpaired) electrons. The van der Waals surface area contributed by atoms with Crippen molar-refractivity contribution in [3.05, 3.63) is 52.7 Å². The van der Waals surface area contributed by atoms with E-state index in [9.17, 15) is 9.18 Å². The van der Waals surface area contributed by atoms with Gasteiger partial charge in [-0.15, -0.1) is 0 Å². The molecular weight excluding hydrogens is 505 g/mol. The summed E-state index contributed by atoms with van der Waals surface area (Å²) in [5.74, 6) is 0.833. The van der Waals surface area contributed by atoms with E-state index in [0.29, 0.717) is 25.1 Å². The van der Waals surface area contributed by atoms with Crippen molar-refractivity contribution in [3.8, 4) is 5.75 Å². The molecule has 0 saturated carbocycles. The highest BCUT2D eigenvalue weighted by Gasteiger charge is 2.23. The first-order chi connectivity index (χ1) is 19.0. The van der Waals surface area contributed by atoms with Crippen LogP contribution in [0.25, 0.3) is 6.08 Å². The van der Waals surface area contributed by atoms with Gasteiger partial charge in [0.2, 0.25) is 0 Å². The summed E-state index contributed by atoms with van der Waals surface area (Å²) in [6.07, 6.45) is 8.49. The molecule has 2 aromatic heterocycles. The van der Waals surface area contributed by atoms with Crippen molar-refractivity contribution in [1.29, 1.82) is 0 Å². The van der Waals surface area contributed by atoms with Crippen LogP contribution in [0.4, 0.5) is 10.1 Å². The van der Waals surface area contributed by atoms with Crippen LogP contribution in [0.3, 0.4) is 0 Å². The lowest BCUT2D eigenvalue weighted by atomic mass is 10.0. The van der Waals surface area contributed by atoms with E-state index in [1.54, 1.807) is 13.1 Å². The summed E-state index contributed by atoms with van der Waals surface area (Å²) in [7, 11) is 0. The van der Waals surface area contributed by atoms with Crippen molar-refractivity contribution < 1.29 is 13.9 Å². The number of pyridine rings is 2. The molecule has 0 amide bonds. The van der Waals surface area contributed by atoms with Crippen LogP contribution in [-0.4, -0.2) is 47.8 Å². The van der Waals surface area contributed by atoms with Gasteiger partial charge in [0, 0.05) is 54.9 Å². The number of aryl methyl sites for hydroxylation is 2. The molecular formula is C32H54FN5O2. The molecule has 0 aromatic carbocycles. The maximum atomic E-state index is 11.1. The number of hydrogen-bond donors (Lipinski definition) is 2. The fourth-order valence-corrected chi connectivity index (χ4v) is 4.34. The minimum Gasteiger partial charge on any atom is -0.492 e. The number of anilines is 1. The van der Waals surface area contributed by atoms with Gasteiger partial charge in [-0.05, 0) is 83.7 Å². The van der Waals surface area contributed by atoms with E-state index in [0.717, 1.165) is 42.2 Å². The number of nitrogens with one attached hydrogen (secondary N) is 1. The third kappa shape index (κ3) is 14.4. The Bertz CT molecular complexity index is 1010. The van der Waals surface area contributed by atoms with Crippen molar-refractivity contribution >= 4 is 17.8 Å². The molecule has 1 fully saturated rings. The van der Waals surface area contributed by atoms with Crippen molar-refractivity contribution in [2.75, 3.05) is 24.6 Å². The molecule has 1 aliphatic rings. The number of ether oxygens (including phenoxy) is 1. The summed E-state index contributed by atoms with van der Waals surface area (Å²) in [4.78, 5) is 20.6. The van der Waals surface area contributed by atoms with Gasteiger partial charge in [0.15, 0.2) is 0 Å². The Morgan fingerprint density at radius 2 is 1.77 bits per heavy atom. The number of rotatable bonds is 8. The van der Waals surface area contributed by atoms with Gasteiger partial charge in [-0.1, -0.05) is 34.1 Å². The molecule has 1 aliphatic heterocycles. The predicted octanol–water partition coefficient (Wildman–Crippen LogP) is 6.95. The summed E-state index contributed by atoms with van der Waals surface area (Å²) in [6.45, 7) is 23.3. The van der Waals surface area contributed by atoms with Crippen LogP contribution in [0.5, 0.6) is 5.75 Å². The number of nitrogens with zero attached hydrogens (tertiary/aromatic N) is 3. The maximum Gasteiger partial charge on any atom is 0.301 e. The van der Waals surface area contributed by atoms with E-state index in [2.05, 4.69) is 53.9 Å². The fraction of sp³-hybridized carbons (Fsp3) is 0.594. The van der Waals surface area contributed by atoms with Gasteiger partial charge in [0.25, 0.3) is 0 Å². The molecule has 226 valence electrons. The van der Waals surface area contributed by atoms with Gasteiger partial charge in [0.1, 0.15) is 5.75 Å². The summed E-state index contributed by atoms with van der Waals surface area (Å²) in [5, 5.41) is 3.59. The monoisotopic (exact) mass is 559 g/mol. The van der Waals surface area contributed by atoms with Gasteiger partial charge in [-0.3, -0.25) is 14.8 Å². The van der Waals surface area contributed by atoms with E-state index in [1.807, 2.05) is 53.0 Å². The Morgan fingerprint density at radius 1 is 1.15 bits per heavy atom. The molecule has 0 bridgehead atoms. The molecule has 7 nitrogen and oxygen atoms in total. The summed E-state index contributed by atoms with van der Waals surface area (Å²) in [6, 6.07) is 4.04. The third-order valence-electron chi connectivity index (χ3n) is 5.85. The van der Waals surface area contributed by atoms with E-state index >= 15 is 0 Å². The molecule has 0 aliphatic carbocycles. The highest BCUT2D eigenvalue weighted by molar-refractivity contribution is 5.67. The van der Waals surface area contributed by atoms with Gasteiger partial charge < -0.3 is 20.7 Å². The first kappa shape index (κ1) is 37.0. The van der Waals surface area contributed by atoms with E-state index < -0.39 is 6.04 Å². The van der Waals surface area contributed by atoms with Crippen molar-refractivity contribution in [2.24, 2.45) is 5.73 Å². The summed E-state index contributed by atoms with van der Waals surface area (Å²) in [5.41, 5.74) is 12.3. The van der Waals surface area contributed by atoms with Crippen LogP contribution in [0.1, 0.15) is 97.2 Å². The van der Waals surface area contributed by atoms with E-state index in [-0.39, 0.29) is 6.42 Å². The number of nitrogens with two attached hydrogens (primary N) is 1. The van der Waals surface area contributed by atoms with Crippen LogP contribution >= 0.6 is 0 Å². The first-order valence-corrected chi connectivity index (χ1v) is 14.7. The lowest BCUT2D eigenvalue weighted by Crippen LogP contribution is -2.54. The molecule has 2 atom stereocenters. The summed E-state index contributed by atoms with van der Waals surface area (Å²) < 4.78 is 16.4. The average Bonchev–Trinajstić information content (AvgIpc) is 2.88. The van der Waals surface area contributed by atoms with E-state index in [1.165, 1.54) is 23.4 Å². The van der Waals surface area contributed by atoms with Crippen molar-refractivity contribution in [1.82, 2.24) is 15.3 Å². The SMILES string of the molecule is CC.CCCC(=O)F.CCCc1c(N2CC(C)NC(C)C2)ccnc1C.CCOc1cnc(/C=C(/C)N)cc1C. The highest BCUT2D eigenvalue weighted by atomic mass is 19.1. The zero-order chi connectivity index (χ0) is 30.7. The molecule has 8 heteroatoms. The predicted molar refractivity (Wildman–Crippen MR) is 168 cm³/mol. The third-order valence-corrected chi connectivity index (χ3v) is 5.85. The second-order valence-corrected chi connectivity index (χ2v) is 9.82. The molecule has 40 heavy (non-hydrogen) atoms. The zero-order valence-electron chi connectivity index (χ0n) is 26.6. The fourth-order valence-electron chi connectivity index (χ4n) is 4.34. The number of carbonyl (C=O) groups is 1. The molecule has 3 N–H and O–H groups in total. The molecule has 2 aromatic rings. The van der Waals surface area contributed by atoms with E-state index in [4.69, 9.17) is 10.5 Å². The average molecular weight is 560 g/mol. The topological polar surface area (TPSA) is 93.4 Å². The van der Waals surface area contributed by atoms with Crippen molar-refractivity contribution in [2.45, 2.75) is 107 Å². The molecule has 3 rings (SSSR count). The molecule has 1 saturated heterocycles. The number of allylic oxidation sites excluding steroid dienone is 1. The Hall–Kier alpha value is -3.00. The number of halogens is 1. The van der Waals surface area contributed by atoms with Gasteiger partial charge in [0.05, 0.1) is 18.5 Å². The Labute approximate surface area is 242 Å². The standard InChI is InChI=1S/C15H25N3.C11H16N2O.C4H7FO.C2H6/c1-5-6-14-13(4)16-8-7-15(14)18-9-11(2)17-12(3)10-18;1-4-14-11-7-13-10(5-8(11)2)6-9(3)12;1-2-3-4(5)6;1-2/h7-8,11-12,17H,5-6,9-10H2,1-4H3;5-7H,4,12H2,1-3H3;2-3H2,1H3;1-2H3/b;9-6-;;. The van der Waals surface area contributed by atoms with Gasteiger partial charge in [-0.2, -0.15) is 4.39 Å². The number of carbonyl (C=O) groups excluding carboxylic acids is 1.